The average Bonchev–Trinajstić information content (AvgIpc) is 3.36. The molecule has 4 aromatic rings. The molecule has 0 aliphatic rings. The molecule has 0 saturated carbocycles. The predicted octanol–water partition coefficient (Wildman–Crippen LogP) is 5.83. The van der Waals surface area contributed by atoms with Crippen molar-refractivity contribution >= 4 is 28.8 Å². The fraction of sp³-hybridized carbons (Fsp3) is 0.143. The number of carbonyl (C=O) groups is 2. The molecule has 3 aromatic carbocycles. The number of benzene rings is 3. The number of amides is 2. The third-order valence-electron chi connectivity index (χ3n) is 5.58. The Morgan fingerprint density at radius 3 is 2.29 bits per heavy atom. The lowest BCUT2D eigenvalue weighted by atomic mass is 9.97. The van der Waals surface area contributed by atoms with Gasteiger partial charge >= 0.3 is 0 Å². The average molecular weight is 473 g/mol. The molecule has 0 aliphatic carbocycles. The Bertz CT molecular complexity index is 1240. The second-order valence-electron chi connectivity index (χ2n) is 7.96. The minimum Gasteiger partial charge on any atom is -0.350 e. The van der Waals surface area contributed by atoms with Gasteiger partial charge in [-0.1, -0.05) is 60.7 Å². The molecule has 6 heteroatoms. The Balaban J connectivity index is 1.74. The lowest BCUT2D eigenvalue weighted by molar-refractivity contribution is -0.126. The van der Waals surface area contributed by atoms with E-state index < -0.39 is 11.9 Å². The lowest BCUT2D eigenvalue weighted by Crippen LogP contribution is -2.44. The smallest absolute Gasteiger partial charge is 0.248 e. The lowest BCUT2D eigenvalue weighted by Gasteiger charge is -2.32. The van der Waals surface area contributed by atoms with Crippen LogP contribution in [0.25, 0.3) is 0 Å². The van der Waals surface area contributed by atoms with Crippen molar-refractivity contribution in [1.82, 2.24) is 5.32 Å². The first-order valence-electron chi connectivity index (χ1n) is 11.0. The highest BCUT2D eigenvalue weighted by molar-refractivity contribution is 7.10. The van der Waals surface area contributed by atoms with Gasteiger partial charge in [0.2, 0.25) is 11.8 Å². The number of nitrogens with zero attached hydrogens (tertiary/aromatic N) is 1. The standard InChI is InChI=1S/C28H25FN2O2S/c1-20-8-5-6-12-25(20)27(28(33)30-19-21-9-3-2-4-10-21)31(23-15-13-22(29)14-16-23)26(32)18-24-11-7-17-34-24/h2-17,27H,18-19H2,1H3,(H,30,33)/t27-/m1/s1. The van der Waals surface area contributed by atoms with E-state index in [1.807, 2.05) is 79.0 Å². The number of halogens is 1. The topological polar surface area (TPSA) is 49.4 Å². The van der Waals surface area contributed by atoms with Crippen molar-refractivity contribution in [2.45, 2.75) is 25.9 Å². The van der Waals surface area contributed by atoms with Crippen LogP contribution < -0.4 is 10.2 Å². The molecule has 0 aliphatic heterocycles. The van der Waals surface area contributed by atoms with E-state index in [1.54, 1.807) is 0 Å². The zero-order valence-corrected chi connectivity index (χ0v) is 19.6. The van der Waals surface area contributed by atoms with Crippen molar-refractivity contribution in [3.63, 3.8) is 0 Å². The van der Waals surface area contributed by atoms with Crippen LogP contribution in [0.2, 0.25) is 0 Å². The van der Waals surface area contributed by atoms with Crippen LogP contribution in [-0.4, -0.2) is 11.8 Å². The maximum Gasteiger partial charge on any atom is 0.248 e. The zero-order chi connectivity index (χ0) is 23.9. The van der Waals surface area contributed by atoms with Crippen LogP contribution in [0.3, 0.4) is 0 Å². The first kappa shape index (κ1) is 23.4. The normalized spacial score (nSPS) is 11.6. The highest BCUT2D eigenvalue weighted by Crippen LogP contribution is 2.31. The van der Waals surface area contributed by atoms with Crippen molar-refractivity contribution in [2.24, 2.45) is 0 Å². The van der Waals surface area contributed by atoms with Gasteiger partial charge in [-0.05, 0) is 59.3 Å². The molecule has 4 rings (SSSR count). The first-order chi connectivity index (χ1) is 16.5. The summed E-state index contributed by atoms with van der Waals surface area (Å²) in [6, 6.07) is 25.7. The molecule has 1 heterocycles. The number of carbonyl (C=O) groups excluding carboxylic acids is 2. The maximum absolute atomic E-state index is 13.7. The van der Waals surface area contributed by atoms with E-state index in [4.69, 9.17) is 0 Å². The minimum absolute atomic E-state index is 0.142. The number of anilines is 1. The third kappa shape index (κ3) is 5.58. The molecule has 1 aromatic heterocycles. The summed E-state index contributed by atoms with van der Waals surface area (Å²) in [5.74, 6) is -0.949. The van der Waals surface area contributed by atoms with Crippen molar-refractivity contribution in [1.29, 1.82) is 0 Å². The van der Waals surface area contributed by atoms with Gasteiger partial charge in [0, 0.05) is 17.1 Å². The maximum atomic E-state index is 13.7. The van der Waals surface area contributed by atoms with Gasteiger partial charge in [0.15, 0.2) is 0 Å². The molecule has 172 valence electrons. The molecule has 2 amide bonds. The summed E-state index contributed by atoms with van der Waals surface area (Å²) in [4.78, 5) is 29.7. The Kier molecular flexibility index (Phi) is 7.50. The number of hydrogen-bond acceptors (Lipinski definition) is 3. The van der Waals surface area contributed by atoms with Gasteiger partial charge in [0.05, 0.1) is 6.42 Å². The van der Waals surface area contributed by atoms with Gasteiger partial charge in [-0.3, -0.25) is 14.5 Å². The van der Waals surface area contributed by atoms with E-state index in [0.717, 1.165) is 21.6 Å². The molecular formula is C28H25FN2O2S. The summed E-state index contributed by atoms with van der Waals surface area (Å²) in [6.45, 7) is 2.25. The molecule has 0 saturated heterocycles. The molecule has 1 atom stereocenters. The second-order valence-corrected chi connectivity index (χ2v) is 8.99. The molecule has 34 heavy (non-hydrogen) atoms. The van der Waals surface area contributed by atoms with Gasteiger partial charge in [0.25, 0.3) is 0 Å². The van der Waals surface area contributed by atoms with Crippen LogP contribution in [0.15, 0.2) is 96.4 Å². The fourth-order valence-electron chi connectivity index (χ4n) is 3.86. The van der Waals surface area contributed by atoms with Crippen molar-refractivity contribution in [3.05, 3.63) is 124 Å². The summed E-state index contributed by atoms with van der Waals surface area (Å²) in [6.07, 6.45) is 0.142. The Morgan fingerprint density at radius 2 is 1.62 bits per heavy atom. The second kappa shape index (κ2) is 10.9. The Labute approximate surface area is 202 Å². The Morgan fingerprint density at radius 1 is 0.912 bits per heavy atom. The molecule has 0 spiro atoms. The minimum atomic E-state index is -0.914. The molecule has 0 radical (unpaired) electrons. The van der Waals surface area contributed by atoms with Crippen LogP contribution in [-0.2, 0) is 22.6 Å². The first-order valence-corrected chi connectivity index (χ1v) is 11.9. The van der Waals surface area contributed by atoms with E-state index in [-0.39, 0.29) is 18.2 Å². The molecule has 0 fully saturated rings. The van der Waals surface area contributed by atoms with E-state index in [1.165, 1.54) is 40.5 Å². The summed E-state index contributed by atoms with van der Waals surface area (Å²) >= 11 is 1.48. The van der Waals surface area contributed by atoms with Gasteiger partial charge in [-0.2, -0.15) is 0 Å². The van der Waals surface area contributed by atoms with Crippen molar-refractivity contribution in [2.75, 3.05) is 4.90 Å². The van der Waals surface area contributed by atoms with Crippen LogP contribution >= 0.6 is 11.3 Å². The number of nitrogens with one attached hydrogen (secondary N) is 1. The zero-order valence-electron chi connectivity index (χ0n) is 18.8. The summed E-state index contributed by atoms with van der Waals surface area (Å²) in [7, 11) is 0. The van der Waals surface area contributed by atoms with E-state index in [2.05, 4.69) is 5.32 Å². The molecule has 0 unspecified atom stereocenters. The van der Waals surface area contributed by atoms with Gasteiger partial charge in [0.1, 0.15) is 11.9 Å². The molecule has 0 bridgehead atoms. The summed E-state index contributed by atoms with van der Waals surface area (Å²) in [5, 5.41) is 4.91. The number of rotatable bonds is 8. The van der Waals surface area contributed by atoms with E-state index in [0.29, 0.717) is 12.2 Å². The van der Waals surface area contributed by atoms with Gasteiger partial charge in [-0.25, -0.2) is 4.39 Å². The largest absolute Gasteiger partial charge is 0.350 e. The third-order valence-corrected chi connectivity index (χ3v) is 6.45. The van der Waals surface area contributed by atoms with Crippen LogP contribution in [0.1, 0.15) is 27.6 Å². The van der Waals surface area contributed by atoms with Gasteiger partial charge < -0.3 is 5.32 Å². The molecule has 4 nitrogen and oxygen atoms in total. The molecular weight excluding hydrogens is 447 g/mol. The summed E-state index contributed by atoms with van der Waals surface area (Å²) < 4.78 is 13.7. The van der Waals surface area contributed by atoms with Crippen molar-refractivity contribution < 1.29 is 14.0 Å². The quantitative estimate of drug-likeness (QED) is 0.351. The highest BCUT2D eigenvalue weighted by atomic mass is 32.1. The number of hydrogen-bond donors (Lipinski definition) is 1. The van der Waals surface area contributed by atoms with Crippen LogP contribution in [0, 0.1) is 12.7 Å². The van der Waals surface area contributed by atoms with E-state index in [9.17, 15) is 14.0 Å². The number of thiophene rings is 1. The fourth-order valence-corrected chi connectivity index (χ4v) is 4.55. The SMILES string of the molecule is Cc1ccccc1[C@H](C(=O)NCc1ccccc1)N(C(=O)Cc1cccs1)c1ccc(F)cc1. The highest BCUT2D eigenvalue weighted by Gasteiger charge is 2.33. The van der Waals surface area contributed by atoms with Crippen LogP contribution in [0.5, 0.6) is 0 Å². The number of aryl methyl sites for hydroxylation is 1. The summed E-state index contributed by atoms with van der Waals surface area (Å²) in [5.41, 5.74) is 3.03. The van der Waals surface area contributed by atoms with Crippen molar-refractivity contribution in [3.8, 4) is 0 Å². The monoisotopic (exact) mass is 472 g/mol. The molecule has 1 N–H and O–H groups in total. The Hall–Kier alpha value is -3.77. The van der Waals surface area contributed by atoms with E-state index >= 15 is 0 Å². The van der Waals surface area contributed by atoms with Crippen LogP contribution in [0.4, 0.5) is 10.1 Å². The predicted molar refractivity (Wildman–Crippen MR) is 134 cm³/mol. The van der Waals surface area contributed by atoms with Gasteiger partial charge in [-0.15, -0.1) is 11.3 Å².